The van der Waals surface area contributed by atoms with Crippen LogP contribution in [0.3, 0.4) is 0 Å². The number of amides is 1. The molecule has 1 aliphatic rings. The first-order chi connectivity index (χ1) is 11.1. The summed E-state index contributed by atoms with van der Waals surface area (Å²) < 4.78 is 22.5. The number of halogens is 1. The number of ether oxygens (including phenoxy) is 1. The van der Waals surface area contributed by atoms with Crippen molar-refractivity contribution >= 4 is 17.4 Å². The Balaban J connectivity index is 1.78. The van der Waals surface area contributed by atoms with E-state index in [0.29, 0.717) is 30.3 Å². The van der Waals surface area contributed by atoms with Crippen molar-refractivity contribution in [1.82, 2.24) is 14.9 Å². The second-order valence-electron chi connectivity index (χ2n) is 5.77. The molecule has 1 fully saturated rings. The van der Waals surface area contributed by atoms with Crippen molar-refractivity contribution in [2.75, 3.05) is 19.8 Å². The minimum Gasteiger partial charge on any atom is -0.381 e. The highest BCUT2D eigenvalue weighted by Gasteiger charge is 2.35. The molecule has 23 heavy (non-hydrogen) atoms. The summed E-state index contributed by atoms with van der Waals surface area (Å²) in [4.78, 5) is 12.9. The Bertz CT molecular complexity index is 681. The lowest BCUT2D eigenvalue weighted by molar-refractivity contribution is 0.0487. The van der Waals surface area contributed by atoms with Crippen molar-refractivity contribution in [2.45, 2.75) is 25.2 Å². The van der Waals surface area contributed by atoms with Crippen molar-refractivity contribution in [2.24, 2.45) is 0 Å². The molecule has 1 amide bonds. The summed E-state index contributed by atoms with van der Waals surface area (Å²) in [6.45, 7) is 3.52. The zero-order valence-electron chi connectivity index (χ0n) is 12.8. The van der Waals surface area contributed by atoms with Crippen LogP contribution in [0.4, 0.5) is 4.39 Å². The maximum absolute atomic E-state index is 13.2. The smallest absolute Gasteiger partial charge is 0.264 e. The molecule has 2 aromatic rings. The molecule has 1 aromatic heterocycles. The molecule has 0 bridgehead atoms. The Morgan fingerprint density at radius 1 is 1.35 bits per heavy atom. The number of nitrogens with zero attached hydrogens (tertiary/aromatic N) is 2. The lowest BCUT2D eigenvalue weighted by atomic mass is 9.74. The van der Waals surface area contributed by atoms with Crippen LogP contribution >= 0.6 is 11.5 Å². The summed E-state index contributed by atoms with van der Waals surface area (Å²) in [7, 11) is 0. The summed E-state index contributed by atoms with van der Waals surface area (Å²) in [6.07, 6.45) is 1.58. The molecule has 0 saturated carbocycles. The van der Waals surface area contributed by atoms with E-state index >= 15 is 0 Å². The van der Waals surface area contributed by atoms with E-state index in [0.717, 1.165) is 29.9 Å². The number of hydrogen-bond donors (Lipinski definition) is 1. The van der Waals surface area contributed by atoms with Crippen molar-refractivity contribution < 1.29 is 13.9 Å². The molecule has 0 spiro atoms. The predicted octanol–water partition coefficient (Wildman–Crippen LogP) is 2.46. The van der Waals surface area contributed by atoms with E-state index in [1.807, 2.05) is 0 Å². The molecule has 1 saturated heterocycles. The molecule has 122 valence electrons. The Hall–Kier alpha value is -1.86. The molecule has 1 aliphatic heterocycles. The standard InChI is InChI=1S/C16H18FN3O2S/c1-11-14(23-20-19-11)15(21)18-10-16(6-8-22-9-7-16)12-2-4-13(17)5-3-12/h2-5H,6-10H2,1H3,(H,18,21). The van der Waals surface area contributed by atoms with E-state index in [-0.39, 0.29) is 17.1 Å². The van der Waals surface area contributed by atoms with Crippen LogP contribution in [0, 0.1) is 12.7 Å². The van der Waals surface area contributed by atoms with Crippen molar-refractivity contribution in [3.63, 3.8) is 0 Å². The minimum absolute atomic E-state index is 0.162. The molecule has 1 aromatic carbocycles. The molecular formula is C16H18FN3O2S. The van der Waals surface area contributed by atoms with Gasteiger partial charge in [-0.1, -0.05) is 16.6 Å². The van der Waals surface area contributed by atoms with Gasteiger partial charge >= 0.3 is 0 Å². The van der Waals surface area contributed by atoms with Gasteiger partial charge in [-0.05, 0) is 49.0 Å². The van der Waals surface area contributed by atoms with Gasteiger partial charge in [0.25, 0.3) is 5.91 Å². The van der Waals surface area contributed by atoms with Crippen molar-refractivity contribution in [3.8, 4) is 0 Å². The lowest BCUT2D eigenvalue weighted by Gasteiger charge is -2.38. The molecule has 0 unspecified atom stereocenters. The van der Waals surface area contributed by atoms with Crippen LogP contribution in [0.15, 0.2) is 24.3 Å². The molecule has 0 atom stereocenters. The van der Waals surface area contributed by atoms with E-state index < -0.39 is 0 Å². The molecule has 7 heteroatoms. The van der Waals surface area contributed by atoms with E-state index in [1.165, 1.54) is 12.1 Å². The van der Waals surface area contributed by atoms with Gasteiger partial charge in [0.1, 0.15) is 10.7 Å². The molecule has 0 aliphatic carbocycles. The summed E-state index contributed by atoms with van der Waals surface area (Å²) in [5, 5.41) is 6.86. The van der Waals surface area contributed by atoms with E-state index in [9.17, 15) is 9.18 Å². The largest absolute Gasteiger partial charge is 0.381 e. The van der Waals surface area contributed by atoms with Crippen LogP contribution in [0.1, 0.15) is 33.8 Å². The van der Waals surface area contributed by atoms with Gasteiger partial charge in [0.05, 0.1) is 5.69 Å². The van der Waals surface area contributed by atoms with Crippen LogP contribution in [0.2, 0.25) is 0 Å². The summed E-state index contributed by atoms with van der Waals surface area (Å²) in [5.74, 6) is -0.420. The Kier molecular flexibility index (Phi) is 4.68. The van der Waals surface area contributed by atoms with E-state index in [2.05, 4.69) is 14.9 Å². The van der Waals surface area contributed by atoms with Gasteiger partial charge in [0.2, 0.25) is 0 Å². The fraction of sp³-hybridized carbons (Fsp3) is 0.438. The van der Waals surface area contributed by atoms with Gasteiger partial charge in [-0.15, -0.1) is 5.10 Å². The highest BCUT2D eigenvalue weighted by Crippen LogP contribution is 2.34. The molecule has 5 nitrogen and oxygen atoms in total. The average molecular weight is 335 g/mol. The Morgan fingerprint density at radius 3 is 2.65 bits per heavy atom. The second kappa shape index (κ2) is 6.72. The van der Waals surface area contributed by atoms with E-state index in [1.54, 1.807) is 19.1 Å². The monoisotopic (exact) mass is 335 g/mol. The second-order valence-corrected chi connectivity index (χ2v) is 6.52. The van der Waals surface area contributed by atoms with Gasteiger partial charge in [0.15, 0.2) is 0 Å². The SMILES string of the molecule is Cc1nnsc1C(=O)NCC1(c2ccc(F)cc2)CCOCC1. The van der Waals surface area contributed by atoms with E-state index in [4.69, 9.17) is 4.74 Å². The van der Waals surface area contributed by atoms with Gasteiger partial charge in [0, 0.05) is 25.2 Å². The maximum Gasteiger partial charge on any atom is 0.264 e. The van der Waals surface area contributed by atoms with Crippen LogP contribution in [-0.2, 0) is 10.2 Å². The van der Waals surface area contributed by atoms with Crippen LogP contribution in [0.5, 0.6) is 0 Å². The third kappa shape index (κ3) is 3.40. The first-order valence-corrected chi connectivity index (χ1v) is 8.29. The Morgan fingerprint density at radius 2 is 2.04 bits per heavy atom. The summed E-state index contributed by atoms with van der Waals surface area (Å²) in [5.41, 5.74) is 1.44. The number of hydrogen-bond acceptors (Lipinski definition) is 5. The third-order valence-corrected chi connectivity index (χ3v) is 5.18. The fourth-order valence-corrected chi connectivity index (χ4v) is 3.48. The predicted molar refractivity (Wildman–Crippen MR) is 85.1 cm³/mol. The highest BCUT2D eigenvalue weighted by atomic mass is 32.1. The van der Waals surface area contributed by atoms with Gasteiger partial charge < -0.3 is 10.1 Å². The van der Waals surface area contributed by atoms with Crippen LogP contribution < -0.4 is 5.32 Å². The van der Waals surface area contributed by atoms with Crippen molar-refractivity contribution in [3.05, 3.63) is 46.2 Å². The van der Waals surface area contributed by atoms with Gasteiger partial charge in [-0.3, -0.25) is 4.79 Å². The first kappa shape index (κ1) is 16.0. The third-order valence-electron chi connectivity index (χ3n) is 4.35. The van der Waals surface area contributed by atoms with Crippen LogP contribution in [0.25, 0.3) is 0 Å². The quantitative estimate of drug-likeness (QED) is 0.932. The Labute approximate surface area is 138 Å². The summed E-state index contributed by atoms with van der Waals surface area (Å²) >= 11 is 1.09. The topological polar surface area (TPSA) is 64.1 Å². The van der Waals surface area contributed by atoms with Gasteiger partial charge in [-0.2, -0.15) is 0 Å². The number of benzene rings is 1. The number of aryl methyl sites for hydroxylation is 1. The summed E-state index contributed by atoms with van der Waals surface area (Å²) in [6, 6.07) is 6.52. The highest BCUT2D eigenvalue weighted by molar-refractivity contribution is 7.07. The first-order valence-electron chi connectivity index (χ1n) is 7.52. The van der Waals surface area contributed by atoms with Gasteiger partial charge in [-0.25, -0.2) is 4.39 Å². The van der Waals surface area contributed by atoms with Crippen molar-refractivity contribution in [1.29, 1.82) is 0 Å². The number of aromatic nitrogens is 2. The number of nitrogens with one attached hydrogen (secondary N) is 1. The average Bonchev–Trinajstić information content (AvgIpc) is 3.00. The zero-order chi connectivity index (χ0) is 16.3. The number of carbonyl (C=O) groups excluding carboxylic acids is 1. The molecule has 3 rings (SSSR count). The number of carbonyl (C=O) groups is 1. The molecule has 2 heterocycles. The zero-order valence-corrected chi connectivity index (χ0v) is 13.7. The maximum atomic E-state index is 13.2. The molecule has 0 radical (unpaired) electrons. The molecular weight excluding hydrogens is 317 g/mol. The molecule has 1 N–H and O–H groups in total. The minimum atomic E-state index is -0.258. The fourth-order valence-electron chi connectivity index (χ4n) is 2.90. The number of rotatable bonds is 4. The normalized spacial score (nSPS) is 17.0. The lowest BCUT2D eigenvalue weighted by Crippen LogP contribution is -2.44. The van der Waals surface area contributed by atoms with Crippen LogP contribution in [-0.4, -0.2) is 35.3 Å².